The zero-order valence-corrected chi connectivity index (χ0v) is 18.4. The molecule has 0 saturated heterocycles. The summed E-state index contributed by atoms with van der Waals surface area (Å²) in [6.07, 6.45) is 0. The molecule has 0 aliphatic carbocycles. The molecule has 1 amide bonds. The minimum Gasteiger partial charge on any atom is -0.497 e. The summed E-state index contributed by atoms with van der Waals surface area (Å²) in [6, 6.07) is 18.3. The van der Waals surface area contributed by atoms with Crippen molar-refractivity contribution in [3.05, 3.63) is 82.4 Å². The number of amides is 1. The summed E-state index contributed by atoms with van der Waals surface area (Å²) in [7, 11) is 4.78. The third-order valence-corrected chi connectivity index (χ3v) is 5.00. The van der Waals surface area contributed by atoms with Crippen molar-refractivity contribution in [3.8, 4) is 23.0 Å². The molecule has 3 rings (SSSR count). The van der Waals surface area contributed by atoms with Gasteiger partial charge >= 0.3 is 0 Å². The Morgan fingerprint density at radius 1 is 0.806 bits per heavy atom. The van der Waals surface area contributed by atoms with Crippen LogP contribution < -0.4 is 24.3 Å². The summed E-state index contributed by atoms with van der Waals surface area (Å²) >= 11 is 6.52. The maximum Gasteiger partial charge on any atom is 0.252 e. The first-order valence-corrected chi connectivity index (χ1v) is 9.99. The lowest BCUT2D eigenvalue weighted by Gasteiger charge is -2.16. The van der Waals surface area contributed by atoms with E-state index in [1.165, 1.54) is 0 Å². The lowest BCUT2D eigenvalue weighted by atomic mass is 10.1. The number of hydrogen-bond acceptors (Lipinski definition) is 5. The van der Waals surface area contributed by atoms with Crippen molar-refractivity contribution in [2.24, 2.45) is 0 Å². The van der Waals surface area contributed by atoms with Crippen LogP contribution in [0.5, 0.6) is 23.0 Å². The van der Waals surface area contributed by atoms with Gasteiger partial charge in [0.05, 0.1) is 24.8 Å². The number of rotatable bonds is 9. The van der Waals surface area contributed by atoms with Crippen LogP contribution in [-0.4, -0.2) is 27.2 Å². The van der Waals surface area contributed by atoms with E-state index < -0.39 is 0 Å². The van der Waals surface area contributed by atoms with Crippen molar-refractivity contribution in [1.29, 1.82) is 0 Å². The first-order valence-electron chi connectivity index (χ1n) is 9.61. The number of carbonyl (C=O) groups excluding carboxylic acids is 1. The van der Waals surface area contributed by atoms with Crippen molar-refractivity contribution in [2.75, 3.05) is 21.3 Å². The van der Waals surface area contributed by atoms with E-state index in [0.29, 0.717) is 23.7 Å². The number of ether oxygens (including phenoxy) is 4. The summed E-state index contributed by atoms with van der Waals surface area (Å²) in [5.41, 5.74) is 2.18. The van der Waals surface area contributed by atoms with Crippen LogP contribution in [0.15, 0.2) is 60.7 Å². The molecule has 0 aromatic heterocycles. The second kappa shape index (κ2) is 10.6. The largest absolute Gasteiger partial charge is 0.497 e. The third kappa shape index (κ3) is 5.61. The normalized spacial score (nSPS) is 10.3. The number of nitrogens with one attached hydrogen (secondary N) is 1. The number of halogens is 1. The first kappa shape index (κ1) is 22.3. The van der Waals surface area contributed by atoms with Crippen molar-refractivity contribution < 1.29 is 23.7 Å². The van der Waals surface area contributed by atoms with E-state index in [0.717, 1.165) is 22.6 Å². The van der Waals surface area contributed by atoms with Gasteiger partial charge in [0.15, 0.2) is 11.5 Å². The van der Waals surface area contributed by atoms with E-state index >= 15 is 0 Å². The fourth-order valence-corrected chi connectivity index (χ4v) is 3.15. The minimum atomic E-state index is -0.305. The van der Waals surface area contributed by atoms with Crippen LogP contribution in [0.4, 0.5) is 0 Å². The van der Waals surface area contributed by atoms with Gasteiger partial charge in [0, 0.05) is 7.05 Å². The number of methoxy groups -OCH3 is 2. The topological polar surface area (TPSA) is 66.0 Å². The molecule has 0 spiro atoms. The molecule has 31 heavy (non-hydrogen) atoms. The quantitative estimate of drug-likeness (QED) is 0.513. The molecular formula is C24H24ClNO5. The standard InChI is InChI=1S/C24H24ClNO5/c1-26-24(27)20-12-13-21(30-14-16-4-8-18(28-2)9-5-16)23(22(20)25)31-15-17-6-10-19(29-3)11-7-17/h4-13H,14-15H2,1-3H3,(H,26,27). The molecule has 7 heteroatoms. The van der Waals surface area contributed by atoms with E-state index in [-0.39, 0.29) is 17.5 Å². The molecule has 162 valence electrons. The molecule has 6 nitrogen and oxygen atoms in total. The molecule has 0 aliphatic rings. The Hall–Kier alpha value is -3.38. The highest BCUT2D eigenvalue weighted by Gasteiger charge is 2.19. The van der Waals surface area contributed by atoms with Crippen molar-refractivity contribution >= 4 is 17.5 Å². The van der Waals surface area contributed by atoms with Gasteiger partial charge < -0.3 is 24.3 Å². The summed E-state index contributed by atoms with van der Waals surface area (Å²) in [4.78, 5) is 12.2. The van der Waals surface area contributed by atoms with Gasteiger partial charge in [0.2, 0.25) is 0 Å². The molecule has 0 unspecified atom stereocenters. The van der Waals surface area contributed by atoms with E-state index in [2.05, 4.69) is 5.32 Å². The zero-order chi connectivity index (χ0) is 22.2. The molecule has 0 aliphatic heterocycles. The summed E-state index contributed by atoms with van der Waals surface area (Å²) < 4.78 is 22.3. The number of carbonyl (C=O) groups is 1. The van der Waals surface area contributed by atoms with Crippen LogP contribution in [0.3, 0.4) is 0 Å². The Morgan fingerprint density at radius 2 is 1.32 bits per heavy atom. The predicted octanol–water partition coefficient (Wildman–Crippen LogP) is 4.87. The van der Waals surface area contributed by atoms with Crippen molar-refractivity contribution in [1.82, 2.24) is 5.32 Å². The van der Waals surface area contributed by atoms with Crippen molar-refractivity contribution in [3.63, 3.8) is 0 Å². The average Bonchev–Trinajstić information content (AvgIpc) is 2.82. The third-order valence-electron chi connectivity index (χ3n) is 4.63. The summed E-state index contributed by atoms with van der Waals surface area (Å²) in [6.45, 7) is 0.554. The molecule has 0 saturated carbocycles. The van der Waals surface area contributed by atoms with Crippen molar-refractivity contribution in [2.45, 2.75) is 13.2 Å². The van der Waals surface area contributed by atoms with Gasteiger partial charge in [-0.1, -0.05) is 35.9 Å². The second-order valence-electron chi connectivity index (χ2n) is 6.61. The molecule has 0 radical (unpaired) electrons. The highest BCUT2D eigenvalue weighted by molar-refractivity contribution is 6.35. The Balaban J connectivity index is 1.82. The summed E-state index contributed by atoms with van der Waals surface area (Å²) in [5, 5.41) is 2.77. The van der Waals surface area contributed by atoms with Gasteiger partial charge in [-0.15, -0.1) is 0 Å². The van der Waals surface area contributed by atoms with Gasteiger partial charge in [-0.3, -0.25) is 4.79 Å². The van der Waals surface area contributed by atoms with Gasteiger partial charge in [-0.05, 0) is 47.5 Å². The van der Waals surface area contributed by atoms with Crippen LogP contribution in [-0.2, 0) is 13.2 Å². The fraction of sp³-hybridized carbons (Fsp3) is 0.208. The molecule has 0 fully saturated rings. The fourth-order valence-electron chi connectivity index (χ4n) is 2.86. The Labute approximate surface area is 186 Å². The minimum absolute atomic E-state index is 0.195. The Morgan fingerprint density at radius 3 is 1.81 bits per heavy atom. The van der Waals surface area contributed by atoms with Crippen LogP contribution in [0.25, 0.3) is 0 Å². The van der Waals surface area contributed by atoms with E-state index in [1.807, 2.05) is 48.5 Å². The van der Waals surface area contributed by atoms with Crippen LogP contribution in [0, 0.1) is 0 Å². The van der Waals surface area contributed by atoms with Crippen LogP contribution >= 0.6 is 11.6 Å². The number of benzene rings is 3. The molecule has 0 bridgehead atoms. The van der Waals surface area contributed by atoms with E-state index in [9.17, 15) is 4.79 Å². The van der Waals surface area contributed by atoms with Gasteiger partial charge in [-0.2, -0.15) is 0 Å². The average molecular weight is 442 g/mol. The van der Waals surface area contributed by atoms with E-state index in [4.69, 9.17) is 30.5 Å². The number of hydrogen-bond donors (Lipinski definition) is 1. The summed E-state index contributed by atoms with van der Waals surface area (Å²) in [5.74, 6) is 1.98. The second-order valence-corrected chi connectivity index (χ2v) is 6.98. The molecule has 3 aromatic carbocycles. The monoisotopic (exact) mass is 441 g/mol. The van der Waals surface area contributed by atoms with Gasteiger partial charge in [0.1, 0.15) is 24.7 Å². The first-order chi connectivity index (χ1) is 15.0. The molecule has 0 heterocycles. The molecule has 0 atom stereocenters. The lowest BCUT2D eigenvalue weighted by Crippen LogP contribution is -2.18. The van der Waals surface area contributed by atoms with Crippen LogP contribution in [0.1, 0.15) is 21.5 Å². The molecular weight excluding hydrogens is 418 g/mol. The Kier molecular flexibility index (Phi) is 7.62. The molecule has 1 N–H and O–H groups in total. The highest BCUT2D eigenvalue weighted by Crippen LogP contribution is 2.39. The van der Waals surface area contributed by atoms with Crippen LogP contribution in [0.2, 0.25) is 5.02 Å². The SMILES string of the molecule is CNC(=O)c1ccc(OCc2ccc(OC)cc2)c(OCc2ccc(OC)cc2)c1Cl. The van der Waals surface area contributed by atoms with Gasteiger partial charge in [-0.25, -0.2) is 0 Å². The molecule has 3 aromatic rings. The zero-order valence-electron chi connectivity index (χ0n) is 17.6. The van der Waals surface area contributed by atoms with Gasteiger partial charge in [0.25, 0.3) is 5.91 Å². The lowest BCUT2D eigenvalue weighted by molar-refractivity contribution is 0.0962. The Bertz CT molecular complexity index is 1020. The highest BCUT2D eigenvalue weighted by atomic mass is 35.5. The smallest absolute Gasteiger partial charge is 0.252 e. The predicted molar refractivity (Wildman–Crippen MR) is 119 cm³/mol. The maximum atomic E-state index is 12.2. The maximum absolute atomic E-state index is 12.2. The van der Waals surface area contributed by atoms with E-state index in [1.54, 1.807) is 33.4 Å².